The summed E-state index contributed by atoms with van der Waals surface area (Å²) in [5.74, 6) is -0.122. The molecule has 7 heteroatoms. The fourth-order valence-corrected chi connectivity index (χ4v) is 6.31. The maximum atomic E-state index is 13.4. The standard InChI is InChI=1S/C29H26N4O3/c30-14-27-31-15-19(16-32-27)28(34)18-12-20-6-5-7-21(13-18)33(20)29(35)36-17-26-24-10-3-1-8-22(24)23-9-2-4-11-25(23)26/h1-4,8-11,15-16,18,20-21,26H,5-7,12-13,17H2. The minimum absolute atomic E-state index is 0.0106. The molecule has 180 valence electrons. The molecule has 6 rings (SSSR count). The van der Waals surface area contributed by atoms with Crippen LogP contribution in [0.25, 0.3) is 11.1 Å². The van der Waals surface area contributed by atoms with Crippen LogP contribution in [0, 0.1) is 17.2 Å². The highest BCUT2D eigenvalue weighted by atomic mass is 16.6. The fourth-order valence-electron chi connectivity index (χ4n) is 6.31. The van der Waals surface area contributed by atoms with Crippen LogP contribution in [0.1, 0.15) is 65.3 Å². The Kier molecular flexibility index (Phi) is 5.73. The van der Waals surface area contributed by atoms with Crippen molar-refractivity contribution >= 4 is 11.9 Å². The molecule has 2 unspecified atom stereocenters. The summed E-state index contributed by atoms with van der Waals surface area (Å²) in [4.78, 5) is 36.3. The van der Waals surface area contributed by atoms with Crippen molar-refractivity contribution in [2.75, 3.05) is 6.61 Å². The first kappa shape index (κ1) is 22.4. The number of hydrogen-bond acceptors (Lipinski definition) is 6. The molecular weight excluding hydrogens is 452 g/mol. The second-order valence-electron chi connectivity index (χ2n) is 9.89. The minimum Gasteiger partial charge on any atom is -0.448 e. The zero-order valence-electron chi connectivity index (χ0n) is 19.8. The summed E-state index contributed by atoms with van der Waals surface area (Å²) in [6, 6.07) is 18.5. The van der Waals surface area contributed by atoms with Gasteiger partial charge >= 0.3 is 6.09 Å². The maximum Gasteiger partial charge on any atom is 0.410 e. The zero-order valence-corrected chi connectivity index (χ0v) is 19.8. The number of carbonyl (C=O) groups excluding carboxylic acids is 2. The molecule has 2 saturated heterocycles. The van der Waals surface area contributed by atoms with E-state index in [2.05, 4.69) is 34.2 Å². The normalized spacial score (nSPS) is 22.3. The predicted molar refractivity (Wildman–Crippen MR) is 132 cm³/mol. The predicted octanol–water partition coefficient (Wildman–Crippen LogP) is 5.11. The number of hydrogen-bond donors (Lipinski definition) is 0. The first-order valence-electron chi connectivity index (χ1n) is 12.5. The van der Waals surface area contributed by atoms with Crippen LogP contribution in [-0.4, -0.2) is 45.4 Å². The van der Waals surface area contributed by atoms with E-state index in [-0.39, 0.29) is 41.6 Å². The summed E-state index contributed by atoms with van der Waals surface area (Å²) in [7, 11) is 0. The van der Waals surface area contributed by atoms with Crippen molar-refractivity contribution in [2.24, 2.45) is 5.92 Å². The van der Waals surface area contributed by atoms with Crippen molar-refractivity contribution in [3.8, 4) is 17.2 Å². The number of aromatic nitrogens is 2. The van der Waals surface area contributed by atoms with Crippen LogP contribution in [0.5, 0.6) is 0 Å². The molecular formula is C29H26N4O3. The number of ether oxygens (including phenoxy) is 1. The van der Waals surface area contributed by atoms with Gasteiger partial charge in [-0.05, 0) is 54.4 Å². The summed E-state index contributed by atoms with van der Waals surface area (Å²) in [6.07, 6.45) is 6.59. The van der Waals surface area contributed by atoms with Gasteiger partial charge in [0.2, 0.25) is 5.82 Å². The van der Waals surface area contributed by atoms with E-state index in [1.165, 1.54) is 34.6 Å². The quantitative estimate of drug-likeness (QED) is 0.483. The lowest BCUT2D eigenvalue weighted by Gasteiger charge is -2.47. The van der Waals surface area contributed by atoms with Crippen molar-refractivity contribution in [3.63, 3.8) is 0 Å². The zero-order chi connectivity index (χ0) is 24.6. The molecule has 1 aliphatic carbocycles. The Balaban J connectivity index is 1.16. The minimum atomic E-state index is -0.279. The number of Topliss-reactive ketones (excluding diaryl/α,β-unsaturated/α-hetero) is 1. The molecule has 3 aromatic rings. The van der Waals surface area contributed by atoms with Gasteiger partial charge in [-0.2, -0.15) is 5.26 Å². The number of nitrogens with zero attached hydrogens (tertiary/aromatic N) is 4. The highest BCUT2D eigenvalue weighted by Crippen LogP contribution is 2.45. The van der Waals surface area contributed by atoms with Gasteiger partial charge in [-0.1, -0.05) is 48.5 Å². The van der Waals surface area contributed by atoms with Crippen molar-refractivity contribution in [2.45, 2.75) is 50.1 Å². The molecule has 3 heterocycles. The number of ketones is 1. The van der Waals surface area contributed by atoms with E-state index in [0.717, 1.165) is 19.3 Å². The molecule has 0 saturated carbocycles. The molecule has 1 aromatic heterocycles. The fraction of sp³-hybridized carbons (Fsp3) is 0.345. The summed E-state index contributed by atoms with van der Waals surface area (Å²) in [6.45, 7) is 0.299. The first-order valence-corrected chi connectivity index (χ1v) is 12.5. The molecule has 2 bridgehead atoms. The summed E-state index contributed by atoms with van der Waals surface area (Å²) >= 11 is 0. The van der Waals surface area contributed by atoms with Gasteiger partial charge in [0, 0.05) is 36.3 Å². The molecule has 0 N–H and O–H groups in total. The molecule has 2 fully saturated rings. The number of piperidine rings is 2. The number of benzene rings is 2. The van der Waals surface area contributed by atoms with E-state index in [0.29, 0.717) is 25.0 Å². The third-order valence-corrected chi connectivity index (χ3v) is 7.93. The number of fused-ring (bicyclic) bond motifs is 5. The van der Waals surface area contributed by atoms with Gasteiger partial charge in [0.15, 0.2) is 5.78 Å². The third-order valence-electron chi connectivity index (χ3n) is 7.93. The van der Waals surface area contributed by atoms with E-state index in [9.17, 15) is 9.59 Å². The lowest BCUT2D eigenvalue weighted by molar-refractivity contribution is 0.00649. The summed E-state index contributed by atoms with van der Waals surface area (Å²) in [5, 5.41) is 8.91. The Labute approximate surface area is 209 Å². The molecule has 0 spiro atoms. The Morgan fingerprint density at radius 2 is 1.53 bits per heavy atom. The Morgan fingerprint density at radius 3 is 2.11 bits per heavy atom. The second-order valence-corrected chi connectivity index (χ2v) is 9.89. The SMILES string of the molecule is N#Cc1ncc(C(=O)C2CC3CCCC(C2)N3C(=O)OCC2c3ccccc3-c3ccccc32)cn1. The van der Waals surface area contributed by atoms with Crippen molar-refractivity contribution in [1.29, 1.82) is 5.26 Å². The van der Waals surface area contributed by atoms with Gasteiger partial charge in [0.1, 0.15) is 12.7 Å². The van der Waals surface area contributed by atoms with Gasteiger partial charge in [0.25, 0.3) is 0 Å². The largest absolute Gasteiger partial charge is 0.448 e. The average Bonchev–Trinajstić information content (AvgIpc) is 3.24. The van der Waals surface area contributed by atoms with Crippen molar-refractivity contribution in [1.82, 2.24) is 14.9 Å². The van der Waals surface area contributed by atoms with E-state index >= 15 is 0 Å². The first-order chi connectivity index (χ1) is 17.6. The van der Waals surface area contributed by atoms with Gasteiger partial charge in [-0.25, -0.2) is 14.8 Å². The van der Waals surface area contributed by atoms with E-state index in [1.807, 2.05) is 35.2 Å². The van der Waals surface area contributed by atoms with Crippen LogP contribution in [0.4, 0.5) is 4.79 Å². The third kappa shape index (κ3) is 3.83. The second kappa shape index (κ2) is 9.19. The Morgan fingerprint density at radius 1 is 0.944 bits per heavy atom. The number of carbonyl (C=O) groups is 2. The van der Waals surface area contributed by atoms with Crippen LogP contribution < -0.4 is 0 Å². The molecule has 2 aromatic carbocycles. The Hall–Kier alpha value is -4.05. The van der Waals surface area contributed by atoms with Crippen LogP contribution in [0.15, 0.2) is 60.9 Å². The number of rotatable bonds is 4. The number of nitriles is 1. The van der Waals surface area contributed by atoms with Crippen molar-refractivity contribution in [3.05, 3.63) is 83.4 Å². The Bertz CT molecular complexity index is 1300. The van der Waals surface area contributed by atoms with E-state index in [4.69, 9.17) is 10.00 Å². The molecule has 1 amide bonds. The molecule has 36 heavy (non-hydrogen) atoms. The highest BCUT2D eigenvalue weighted by Gasteiger charge is 2.44. The van der Waals surface area contributed by atoms with Crippen LogP contribution >= 0.6 is 0 Å². The van der Waals surface area contributed by atoms with Crippen LogP contribution in [0.3, 0.4) is 0 Å². The van der Waals surface area contributed by atoms with Gasteiger partial charge in [-0.15, -0.1) is 0 Å². The molecule has 2 atom stereocenters. The van der Waals surface area contributed by atoms with Gasteiger partial charge < -0.3 is 9.64 Å². The van der Waals surface area contributed by atoms with E-state index < -0.39 is 0 Å². The topological polar surface area (TPSA) is 96.2 Å². The van der Waals surface area contributed by atoms with Crippen molar-refractivity contribution < 1.29 is 14.3 Å². The smallest absolute Gasteiger partial charge is 0.410 e. The molecule has 7 nitrogen and oxygen atoms in total. The van der Waals surface area contributed by atoms with Gasteiger partial charge in [0.05, 0.1) is 5.56 Å². The molecule has 2 aliphatic heterocycles. The van der Waals surface area contributed by atoms with E-state index in [1.54, 1.807) is 0 Å². The molecule has 3 aliphatic rings. The average molecular weight is 479 g/mol. The molecule has 0 radical (unpaired) electrons. The van der Waals surface area contributed by atoms with Crippen LogP contribution in [0.2, 0.25) is 0 Å². The number of amides is 1. The monoisotopic (exact) mass is 478 g/mol. The summed E-state index contributed by atoms with van der Waals surface area (Å²) < 4.78 is 5.97. The lowest BCUT2D eigenvalue weighted by Crippen LogP contribution is -2.55. The summed E-state index contributed by atoms with van der Waals surface area (Å²) in [5.41, 5.74) is 5.22. The highest BCUT2D eigenvalue weighted by molar-refractivity contribution is 5.97. The van der Waals surface area contributed by atoms with Gasteiger partial charge in [-0.3, -0.25) is 4.79 Å². The van der Waals surface area contributed by atoms with Crippen LogP contribution in [-0.2, 0) is 4.74 Å². The maximum absolute atomic E-state index is 13.4. The lowest BCUT2D eigenvalue weighted by atomic mass is 9.76.